The van der Waals surface area contributed by atoms with Crippen LogP contribution >= 0.6 is 12.2 Å². The molecule has 0 unspecified atom stereocenters. The molecule has 1 amide bonds. The van der Waals surface area contributed by atoms with Crippen molar-refractivity contribution in [3.05, 3.63) is 60.2 Å². The number of rotatable bonds is 8. The number of thiocarbonyl (C=S) groups is 1. The Labute approximate surface area is 161 Å². The zero-order valence-electron chi connectivity index (χ0n) is 15.4. The first kappa shape index (κ1) is 19.9. The number of anilines is 1. The molecule has 2 aromatic carbocycles. The van der Waals surface area contributed by atoms with Crippen molar-refractivity contribution in [3.63, 3.8) is 0 Å². The van der Waals surface area contributed by atoms with Gasteiger partial charge in [-0.25, -0.2) is 0 Å². The van der Waals surface area contributed by atoms with Crippen molar-refractivity contribution in [1.29, 1.82) is 0 Å². The van der Waals surface area contributed by atoms with Gasteiger partial charge >= 0.3 is 0 Å². The van der Waals surface area contributed by atoms with Gasteiger partial charge in [-0.3, -0.25) is 10.1 Å². The summed E-state index contributed by atoms with van der Waals surface area (Å²) in [5, 5.41) is 3.19. The number of para-hydroxylation sites is 1. The molecule has 0 fully saturated rings. The van der Waals surface area contributed by atoms with Crippen molar-refractivity contribution in [2.75, 3.05) is 18.1 Å². The van der Waals surface area contributed by atoms with E-state index in [9.17, 15) is 4.79 Å². The lowest BCUT2D eigenvalue weighted by molar-refractivity contribution is 0.0977. The third-order valence-electron chi connectivity index (χ3n) is 3.98. The Hall–Kier alpha value is -2.40. The van der Waals surface area contributed by atoms with Gasteiger partial charge in [0.2, 0.25) is 0 Å². The maximum atomic E-state index is 12.5. The van der Waals surface area contributed by atoms with E-state index in [2.05, 4.69) is 12.2 Å². The van der Waals surface area contributed by atoms with Gasteiger partial charge in [0.1, 0.15) is 5.75 Å². The lowest BCUT2D eigenvalue weighted by atomic mass is 10.2. The van der Waals surface area contributed by atoms with Crippen LogP contribution in [0.4, 0.5) is 5.69 Å². The summed E-state index contributed by atoms with van der Waals surface area (Å²) in [6.45, 7) is 5.53. The normalized spacial score (nSPS) is 10.2. The smallest absolute Gasteiger partial charge is 0.257 e. The highest BCUT2D eigenvalue weighted by Gasteiger charge is 2.14. The number of hydrogen-bond donors (Lipinski definition) is 1. The van der Waals surface area contributed by atoms with E-state index < -0.39 is 0 Å². The second-order valence-electron chi connectivity index (χ2n) is 5.92. The fourth-order valence-electron chi connectivity index (χ4n) is 2.53. The largest absolute Gasteiger partial charge is 0.494 e. The number of benzene rings is 2. The van der Waals surface area contributed by atoms with E-state index in [1.54, 1.807) is 12.1 Å². The van der Waals surface area contributed by atoms with Crippen LogP contribution in [0.3, 0.4) is 0 Å². The molecular formula is C21H26N2O2S. The van der Waals surface area contributed by atoms with Crippen LogP contribution < -0.4 is 15.0 Å². The van der Waals surface area contributed by atoms with Crippen LogP contribution in [0.15, 0.2) is 54.6 Å². The minimum absolute atomic E-state index is 0.220. The zero-order chi connectivity index (χ0) is 18.8. The molecule has 0 aliphatic carbocycles. The molecule has 0 bridgehead atoms. The van der Waals surface area contributed by atoms with Crippen molar-refractivity contribution in [2.45, 2.75) is 33.1 Å². The highest BCUT2D eigenvalue weighted by atomic mass is 32.1. The standard InChI is InChI=1S/C21H26N2O2S/c1-3-5-9-16-25-19-14-12-17(13-15-19)20(24)22-21(26)23(4-2)18-10-7-6-8-11-18/h6-8,10-15H,3-5,9,16H2,1-2H3,(H,22,24,26). The number of carbonyl (C=O) groups is 1. The molecule has 5 heteroatoms. The number of nitrogens with one attached hydrogen (secondary N) is 1. The molecule has 0 heterocycles. The maximum absolute atomic E-state index is 12.5. The minimum Gasteiger partial charge on any atom is -0.494 e. The molecule has 0 aliphatic rings. The lowest BCUT2D eigenvalue weighted by Crippen LogP contribution is -2.42. The average molecular weight is 371 g/mol. The molecule has 2 aromatic rings. The fraction of sp³-hybridized carbons (Fsp3) is 0.333. The average Bonchev–Trinajstić information content (AvgIpc) is 2.67. The predicted octanol–water partition coefficient (Wildman–Crippen LogP) is 4.80. The molecule has 2 rings (SSSR count). The van der Waals surface area contributed by atoms with Gasteiger partial charge in [-0.1, -0.05) is 38.0 Å². The molecule has 1 N–H and O–H groups in total. The van der Waals surface area contributed by atoms with Gasteiger partial charge in [0.25, 0.3) is 5.91 Å². The van der Waals surface area contributed by atoms with Crippen molar-refractivity contribution >= 4 is 28.9 Å². The molecule has 0 aliphatic heterocycles. The molecule has 0 spiro atoms. The third kappa shape index (κ3) is 5.85. The quantitative estimate of drug-likeness (QED) is 0.535. The number of nitrogens with zero attached hydrogens (tertiary/aromatic N) is 1. The SMILES string of the molecule is CCCCCOc1ccc(C(=O)NC(=S)N(CC)c2ccccc2)cc1. The Morgan fingerprint density at radius 2 is 1.73 bits per heavy atom. The Bertz CT molecular complexity index is 702. The summed E-state index contributed by atoms with van der Waals surface area (Å²) in [6, 6.07) is 16.9. The number of ether oxygens (including phenoxy) is 1. The first-order valence-electron chi connectivity index (χ1n) is 9.06. The van der Waals surface area contributed by atoms with Gasteiger partial charge in [0.05, 0.1) is 6.61 Å². The van der Waals surface area contributed by atoms with E-state index in [1.807, 2.05) is 54.3 Å². The Kier molecular flexibility index (Phi) is 8.09. The van der Waals surface area contributed by atoms with E-state index in [-0.39, 0.29) is 5.91 Å². The van der Waals surface area contributed by atoms with Crippen molar-refractivity contribution in [2.24, 2.45) is 0 Å². The Balaban J connectivity index is 1.93. The Morgan fingerprint density at radius 1 is 1.04 bits per heavy atom. The van der Waals surface area contributed by atoms with Crippen LogP contribution in [-0.2, 0) is 0 Å². The van der Waals surface area contributed by atoms with Crippen LogP contribution in [0.25, 0.3) is 0 Å². The van der Waals surface area contributed by atoms with E-state index in [1.165, 1.54) is 6.42 Å². The second kappa shape index (κ2) is 10.6. The number of amides is 1. The van der Waals surface area contributed by atoms with E-state index in [0.29, 0.717) is 23.8 Å². The topological polar surface area (TPSA) is 41.6 Å². The van der Waals surface area contributed by atoms with Crippen LogP contribution in [0.5, 0.6) is 5.75 Å². The molecule has 0 saturated carbocycles. The lowest BCUT2D eigenvalue weighted by Gasteiger charge is -2.23. The van der Waals surface area contributed by atoms with E-state index in [0.717, 1.165) is 24.3 Å². The summed E-state index contributed by atoms with van der Waals surface area (Å²) in [7, 11) is 0. The molecular weight excluding hydrogens is 344 g/mol. The number of hydrogen-bond acceptors (Lipinski definition) is 3. The van der Waals surface area contributed by atoms with E-state index in [4.69, 9.17) is 17.0 Å². The second-order valence-corrected chi connectivity index (χ2v) is 6.31. The van der Waals surface area contributed by atoms with Crippen LogP contribution in [0.1, 0.15) is 43.5 Å². The number of unbranched alkanes of at least 4 members (excludes halogenated alkanes) is 2. The van der Waals surface area contributed by atoms with Crippen LogP contribution in [0.2, 0.25) is 0 Å². The first-order valence-corrected chi connectivity index (χ1v) is 9.47. The molecule has 26 heavy (non-hydrogen) atoms. The monoisotopic (exact) mass is 370 g/mol. The summed E-state index contributed by atoms with van der Waals surface area (Å²) < 4.78 is 5.67. The van der Waals surface area contributed by atoms with Gasteiger partial charge in [-0.15, -0.1) is 0 Å². The minimum atomic E-state index is -0.220. The molecule has 0 aromatic heterocycles. The molecule has 0 radical (unpaired) electrons. The fourth-order valence-corrected chi connectivity index (χ4v) is 2.86. The van der Waals surface area contributed by atoms with E-state index >= 15 is 0 Å². The molecule has 4 nitrogen and oxygen atoms in total. The molecule has 138 valence electrons. The summed E-state index contributed by atoms with van der Waals surface area (Å²) in [4.78, 5) is 14.3. The maximum Gasteiger partial charge on any atom is 0.257 e. The predicted molar refractivity (Wildman–Crippen MR) is 111 cm³/mol. The highest BCUT2D eigenvalue weighted by Crippen LogP contribution is 2.15. The van der Waals surface area contributed by atoms with Crippen molar-refractivity contribution in [3.8, 4) is 5.75 Å². The zero-order valence-corrected chi connectivity index (χ0v) is 16.2. The van der Waals surface area contributed by atoms with Gasteiger partial charge in [-0.2, -0.15) is 0 Å². The van der Waals surface area contributed by atoms with Crippen molar-refractivity contribution < 1.29 is 9.53 Å². The summed E-state index contributed by atoms with van der Waals surface area (Å²) >= 11 is 5.41. The van der Waals surface area contributed by atoms with Crippen molar-refractivity contribution in [1.82, 2.24) is 5.32 Å². The summed E-state index contributed by atoms with van der Waals surface area (Å²) in [6.07, 6.45) is 3.37. The van der Waals surface area contributed by atoms with Gasteiger partial charge in [-0.05, 0) is 62.0 Å². The van der Waals surface area contributed by atoms with Gasteiger partial charge in [0.15, 0.2) is 5.11 Å². The summed E-state index contributed by atoms with van der Waals surface area (Å²) in [5.41, 5.74) is 1.51. The first-order chi connectivity index (χ1) is 12.7. The number of carbonyl (C=O) groups excluding carboxylic acids is 1. The van der Waals surface area contributed by atoms with Gasteiger partial charge in [0, 0.05) is 17.8 Å². The van der Waals surface area contributed by atoms with Gasteiger partial charge < -0.3 is 9.64 Å². The summed E-state index contributed by atoms with van der Waals surface area (Å²) in [5.74, 6) is 0.557. The van der Waals surface area contributed by atoms with Crippen LogP contribution in [0, 0.1) is 0 Å². The molecule has 0 atom stereocenters. The highest BCUT2D eigenvalue weighted by molar-refractivity contribution is 7.80. The molecule has 0 saturated heterocycles. The van der Waals surface area contributed by atoms with Crippen LogP contribution in [-0.4, -0.2) is 24.2 Å². The third-order valence-corrected chi connectivity index (χ3v) is 4.31. The Morgan fingerprint density at radius 3 is 2.35 bits per heavy atom.